The summed E-state index contributed by atoms with van der Waals surface area (Å²) in [6.07, 6.45) is -19.1. The Morgan fingerprint density at radius 2 is 1.26 bits per heavy atom. The van der Waals surface area contributed by atoms with Crippen LogP contribution in [0.3, 0.4) is 0 Å². The number of ether oxygens (including phenoxy) is 7. The molecule has 3 aliphatic rings. The first-order valence-electron chi connectivity index (χ1n) is 14.1. The SMILES string of the molecule is C/C=C/O[C@@H]1O[C@H](CO)[C@@H](O[C@@H]2O[C@H](CO)[C@H](O)[C@H](O)[C@H]2O[C@@H]2O[C@@H](C)[C@@H](O)[C@@H](O)[C@@H]2OCc2ccccc2)[C@H](O)[C@H]1O. The van der Waals surface area contributed by atoms with Crippen LogP contribution in [0.1, 0.15) is 19.4 Å². The van der Waals surface area contributed by atoms with Crippen LogP contribution in [0.2, 0.25) is 0 Å². The van der Waals surface area contributed by atoms with Crippen LogP contribution in [0.25, 0.3) is 0 Å². The lowest BCUT2D eigenvalue weighted by molar-refractivity contribution is -0.388. The van der Waals surface area contributed by atoms with E-state index in [9.17, 15) is 40.9 Å². The van der Waals surface area contributed by atoms with Crippen molar-refractivity contribution in [2.24, 2.45) is 0 Å². The average Bonchev–Trinajstić information content (AvgIpc) is 3.01. The maximum atomic E-state index is 11.1. The van der Waals surface area contributed by atoms with Gasteiger partial charge in [0.05, 0.1) is 32.2 Å². The molecular formula is C28H42O15. The zero-order valence-corrected chi connectivity index (χ0v) is 23.8. The third-order valence-corrected chi connectivity index (χ3v) is 7.65. The predicted molar refractivity (Wildman–Crippen MR) is 143 cm³/mol. The summed E-state index contributed by atoms with van der Waals surface area (Å²) >= 11 is 0. The molecule has 3 heterocycles. The minimum atomic E-state index is -1.77. The normalized spacial score (nSPS) is 44.0. The highest BCUT2D eigenvalue weighted by Gasteiger charge is 2.54. The summed E-state index contributed by atoms with van der Waals surface area (Å²) in [6, 6.07) is 8.98. The molecule has 15 atom stereocenters. The van der Waals surface area contributed by atoms with Gasteiger partial charge in [-0.3, -0.25) is 0 Å². The second-order valence-corrected chi connectivity index (χ2v) is 10.7. The average molecular weight is 619 g/mol. The highest BCUT2D eigenvalue weighted by Crippen LogP contribution is 2.34. The van der Waals surface area contributed by atoms with E-state index in [1.165, 1.54) is 19.3 Å². The van der Waals surface area contributed by atoms with Crippen molar-refractivity contribution in [3.63, 3.8) is 0 Å². The number of benzene rings is 1. The van der Waals surface area contributed by atoms with Crippen LogP contribution in [-0.4, -0.2) is 146 Å². The van der Waals surface area contributed by atoms with Gasteiger partial charge in [0.15, 0.2) is 12.6 Å². The lowest BCUT2D eigenvalue weighted by atomic mass is 9.96. The molecule has 0 radical (unpaired) electrons. The molecule has 15 heteroatoms. The molecule has 0 aliphatic carbocycles. The highest BCUT2D eigenvalue weighted by atomic mass is 16.8. The van der Waals surface area contributed by atoms with E-state index in [1.54, 1.807) is 31.2 Å². The molecule has 1 aromatic carbocycles. The fraction of sp³-hybridized carbons (Fsp3) is 0.714. The van der Waals surface area contributed by atoms with Gasteiger partial charge < -0.3 is 74.0 Å². The van der Waals surface area contributed by atoms with Gasteiger partial charge in [0, 0.05) is 0 Å². The molecule has 0 saturated carbocycles. The van der Waals surface area contributed by atoms with E-state index in [0.29, 0.717) is 0 Å². The van der Waals surface area contributed by atoms with Gasteiger partial charge in [-0.25, -0.2) is 0 Å². The fourth-order valence-corrected chi connectivity index (χ4v) is 5.17. The molecule has 1 aromatic rings. The molecule has 4 rings (SSSR count). The van der Waals surface area contributed by atoms with Crippen LogP contribution < -0.4 is 0 Å². The summed E-state index contributed by atoms with van der Waals surface area (Å²) in [5.41, 5.74) is 0.751. The van der Waals surface area contributed by atoms with Crippen LogP contribution in [0.4, 0.5) is 0 Å². The lowest BCUT2D eigenvalue weighted by Crippen LogP contribution is -2.66. The third kappa shape index (κ3) is 7.71. The Hall–Kier alpha value is -1.80. The quantitative estimate of drug-likeness (QED) is 0.118. The minimum Gasteiger partial charge on any atom is -0.470 e. The van der Waals surface area contributed by atoms with Crippen LogP contribution in [0.5, 0.6) is 0 Å². The first-order valence-corrected chi connectivity index (χ1v) is 14.1. The molecule has 0 aromatic heterocycles. The van der Waals surface area contributed by atoms with Crippen molar-refractivity contribution in [3.05, 3.63) is 48.2 Å². The standard InChI is InChI=1S/C28H42O15/c1-3-9-37-26-22(36)21(35)23(16(11-30)41-26)42-28-25(20(34)18(32)15(10-29)40-28)43-27-24(19(33)17(31)13(2)39-27)38-12-14-7-5-4-6-8-14/h3-9,13,15-36H,10-12H2,1-2H3/b9-3+/t13-,15+,16+,17+,18-,19+,20-,21+,22+,23+,24-,25+,26+,27-,28-/m0/s1. The molecule has 0 bridgehead atoms. The van der Waals surface area contributed by atoms with E-state index >= 15 is 0 Å². The summed E-state index contributed by atoms with van der Waals surface area (Å²) in [5.74, 6) is 0. The largest absolute Gasteiger partial charge is 0.470 e. The Kier molecular flexibility index (Phi) is 12.3. The number of rotatable bonds is 11. The molecule has 0 amide bonds. The Balaban J connectivity index is 1.57. The Morgan fingerprint density at radius 1 is 0.674 bits per heavy atom. The van der Waals surface area contributed by atoms with E-state index in [1.807, 2.05) is 6.07 Å². The van der Waals surface area contributed by atoms with Gasteiger partial charge in [-0.15, -0.1) is 0 Å². The first kappa shape index (κ1) is 34.1. The van der Waals surface area contributed by atoms with Crippen LogP contribution in [0.15, 0.2) is 42.7 Å². The van der Waals surface area contributed by atoms with Gasteiger partial charge in [-0.05, 0) is 19.4 Å². The Labute approximate surface area is 248 Å². The Morgan fingerprint density at radius 3 is 1.91 bits per heavy atom. The summed E-state index contributed by atoms with van der Waals surface area (Å²) in [5, 5.41) is 84.2. The molecule has 3 aliphatic heterocycles. The van der Waals surface area contributed by atoms with Crippen LogP contribution in [0, 0.1) is 0 Å². The molecule has 0 unspecified atom stereocenters. The molecular weight excluding hydrogens is 576 g/mol. The zero-order valence-electron chi connectivity index (χ0n) is 23.8. The lowest BCUT2D eigenvalue weighted by Gasteiger charge is -2.48. The van der Waals surface area contributed by atoms with Crippen molar-refractivity contribution in [1.82, 2.24) is 0 Å². The van der Waals surface area contributed by atoms with Crippen LogP contribution >= 0.6 is 0 Å². The van der Waals surface area contributed by atoms with Crippen molar-refractivity contribution < 1.29 is 74.0 Å². The van der Waals surface area contributed by atoms with Gasteiger partial charge in [-0.2, -0.15) is 0 Å². The van der Waals surface area contributed by atoms with E-state index in [4.69, 9.17) is 33.2 Å². The van der Waals surface area contributed by atoms with Gasteiger partial charge in [0.1, 0.15) is 67.1 Å². The van der Waals surface area contributed by atoms with Crippen molar-refractivity contribution in [1.29, 1.82) is 0 Å². The highest BCUT2D eigenvalue weighted by molar-refractivity contribution is 5.13. The van der Waals surface area contributed by atoms with Crippen molar-refractivity contribution in [2.45, 2.75) is 113 Å². The number of hydrogen-bond donors (Lipinski definition) is 8. The van der Waals surface area contributed by atoms with Gasteiger partial charge >= 0.3 is 0 Å². The van der Waals surface area contributed by atoms with E-state index in [-0.39, 0.29) is 6.61 Å². The van der Waals surface area contributed by atoms with Gasteiger partial charge in [0.25, 0.3) is 0 Å². The summed E-state index contributed by atoms with van der Waals surface area (Å²) in [6.45, 7) is 1.74. The maximum Gasteiger partial charge on any atom is 0.228 e. The molecule has 15 nitrogen and oxygen atoms in total. The van der Waals surface area contributed by atoms with E-state index < -0.39 is 105 Å². The minimum absolute atomic E-state index is 0.00385. The summed E-state index contributed by atoms with van der Waals surface area (Å²) < 4.78 is 40.1. The number of aliphatic hydroxyl groups is 8. The number of aliphatic hydroxyl groups excluding tert-OH is 8. The molecule has 8 N–H and O–H groups in total. The fourth-order valence-electron chi connectivity index (χ4n) is 5.17. The van der Waals surface area contributed by atoms with Gasteiger partial charge in [0.2, 0.25) is 6.29 Å². The molecule has 3 fully saturated rings. The van der Waals surface area contributed by atoms with Crippen molar-refractivity contribution >= 4 is 0 Å². The maximum absolute atomic E-state index is 11.1. The number of hydrogen-bond acceptors (Lipinski definition) is 15. The molecule has 0 spiro atoms. The summed E-state index contributed by atoms with van der Waals surface area (Å²) in [7, 11) is 0. The molecule has 43 heavy (non-hydrogen) atoms. The van der Waals surface area contributed by atoms with Crippen molar-refractivity contribution in [3.8, 4) is 0 Å². The second kappa shape index (κ2) is 15.5. The first-order chi connectivity index (χ1) is 20.6. The predicted octanol–water partition coefficient (Wildman–Crippen LogP) is -2.76. The number of allylic oxidation sites excluding steroid dienone is 1. The monoisotopic (exact) mass is 618 g/mol. The topological polar surface area (TPSA) is 226 Å². The van der Waals surface area contributed by atoms with E-state index in [0.717, 1.165) is 5.56 Å². The second-order valence-electron chi connectivity index (χ2n) is 10.7. The Bertz CT molecular complexity index is 998. The third-order valence-electron chi connectivity index (χ3n) is 7.65. The van der Waals surface area contributed by atoms with E-state index in [2.05, 4.69) is 0 Å². The smallest absolute Gasteiger partial charge is 0.228 e. The van der Waals surface area contributed by atoms with Crippen LogP contribution in [-0.2, 0) is 39.8 Å². The zero-order chi connectivity index (χ0) is 31.3. The van der Waals surface area contributed by atoms with Gasteiger partial charge in [-0.1, -0.05) is 36.4 Å². The van der Waals surface area contributed by atoms with Crippen molar-refractivity contribution in [2.75, 3.05) is 13.2 Å². The molecule has 244 valence electrons. The summed E-state index contributed by atoms with van der Waals surface area (Å²) in [4.78, 5) is 0. The molecule has 3 saturated heterocycles.